The average Bonchev–Trinajstić information content (AvgIpc) is 2.41. The number of alkyl halides is 1. The first-order valence-electron chi connectivity index (χ1n) is 5.86. The highest BCUT2D eigenvalue weighted by molar-refractivity contribution is 5.65. The van der Waals surface area contributed by atoms with Crippen LogP contribution in [0.25, 0.3) is 0 Å². The van der Waals surface area contributed by atoms with Crippen molar-refractivity contribution < 1.29 is 24.0 Å². The maximum Gasteiger partial charge on any atom is 0.407 e. The van der Waals surface area contributed by atoms with Crippen molar-refractivity contribution in [3.63, 3.8) is 0 Å². The van der Waals surface area contributed by atoms with Gasteiger partial charge in [-0.25, -0.2) is 9.18 Å². The predicted molar refractivity (Wildman–Crippen MR) is 64.4 cm³/mol. The number of nitro groups is 1. The highest BCUT2D eigenvalue weighted by Crippen LogP contribution is 2.22. The molecule has 1 N–H and O–H groups in total. The quantitative estimate of drug-likeness (QED) is 0.665. The minimum atomic E-state index is -1.45. The number of hydrogen-bond acceptors (Lipinski definition) is 5. The monoisotopic (exact) mass is 285 g/mol. The smallest absolute Gasteiger partial charge is 0.407 e. The van der Waals surface area contributed by atoms with Crippen LogP contribution in [0.4, 0.5) is 15.0 Å². The Kier molecular flexibility index (Phi) is 3.97. The third-order valence-corrected chi connectivity index (χ3v) is 2.95. The molecule has 2 heterocycles. The van der Waals surface area contributed by atoms with E-state index in [0.29, 0.717) is 0 Å². The first-order chi connectivity index (χ1) is 9.47. The molecule has 1 aromatic rings. The SMILES string of the molecule is O=C(O)N1CCC(Oc2ccc([N+](=O)[O-])nc2)C(F)C1. The fraction of sp³-hybridized carbons (Fsp3) is 0.455. The van der Waals surface area contributed by atoms with Gasteiger partial charge in [0.05, 0.1) is 6.54 Å². The van der Waals surface area contributed by atoms with Gasteiger partial charge in [0, 0.05) is 19.0 Å². The van der Waals surface area contributed by atoms with Crippen LogP contribution in [0.2, 0.25) is 0 Å². The standard InChI is InChI=1S/C11H12FN3O5/c12-8-6-14(11(16)17)4-3-9(8)20-7-1-2-10(13-5-7)15(18)19/h1-2,5,8-9H,3-4,6H2,(H,16,17). The number of hydrogen-bond donors (Lipinski definition) is 1. The maximum atomic E-state index is 13.8. The Balaban J connectivity index is 1.97. The second-order valence-corrected chi connectivity index (χ2v) is 4.30. The summed E-state index contributed by atoms with van der Waals surface area (Å²) in [6, 6.07) is 2.50. The molecule has 2 rings (SSSR count). The molecule has 8 nitrogen and oxygen atoms in total. The van der Waals surface area contributed by atoms with E-state index in [1.807, 2.05) is 0 Å². The molecule has 1 amide bonds. The van der Waals surface area contributed by atoms with Crippen molar-refractivity contribution in [2.75, 3.05) is 13.1 Å². The van der Waals surface area contributed by atoms with Gasteiger partial charge in [-0.1, -0.05) is 0 Å². The second-order valence-electron chi connectivity index (χ2n) is 4.30. The fourth-order valence-corrected chi connectivity index (χ4v) is 1.91. The number of halogens is 1. The number of carbonyl (C=O) groups is 1. The number of aromatic nitrogens is 1. The summed E-state index contributed by atoms with van der Waals surface area (Å²) < 4.78 is 19.1. The van der Waals surface area contributed by atoms with Gasteiger partial charge in [0.1, 0.15) is 6.10 Å². The molecule has 0 saturated carbocycles. The van der Waals surface area contributed by atoms with E-state index in [2.05, 4.69) is 4.98 Å². The highest BCUT2D eigenvalue weighted by atomic mass is 19.1. The summed E-state index contributed by atoms with van der Waals surface area (Å²) in [4.78, 5) is 25.0. The summed E-state index contributed by atoms with van der Waals surface area (Å²) >= 11 is 0. The van der Waals surface area contributed by atoms with E-state index in [4.69, 9.17) is 9.84 Å². The van der Waals surface area contributed by atoms with Gasteiger partial charge in [0.15, 0.2) is 18.1 Å². The number of ether oxygens (including phenoxy) is 1. The molecule has 1 fully saturated rings. The first-order valence-corrected chi connectivity index (χ1v) is 5.86. The van der Waals surface area contributed by atoms with E-state index in [-0.39, 0.29) is 31.1 Å². The van der Waals surface area contributed by atoms with Gasteiger partial charge < -0.3 is 24.9 Å². The molecule has 0 radical (unpaired) electrons. The summed E-state index contributed by atoms with van der Waals surface area (Å²) in [5.41, 5.74) is 0. The van der Waals surface area contributed by atoms with E-state index >= 15 is 0 Å². The van der Waals surface area contributed by atoms with E-state index in [0.717, 1.165) is 17.2 Å². The van der Waals surface area contributed by atoms with E-state index < -0.39 is 23.3 Å². The van der Waals surface area contributed by atoms with E-state index in [1.165, 1.54) is 6.07 Å². The van der Waals surface area contributed by atoms with Crippen molar-refractivity contribution in [3.8, 4) is 5.75 Å². The molecule has 0 bridgehead atoms. The number of carboxylic acid groups (broad SMARTS) is 1. The molecule has 1 aliphatic rings. The van der Waals surface area contributed by atoms with E-state index in [1.54, 1.807) is 0 Å². The summed E-state index contributed by atoms with van der Waals surface area (Å²) in [6.45, 7) is -0.0682. The molecule has 0 spiro atoms. The zero-order chi connectivity index (χ0) is 14.7. The van der Waals surface area contributed by atoms with Crippen molar-refractivity contribution in [1.29, 1.82) is 0 Å². The molecule has 9 heteroatoms. The zero-order valence-electron chi connectivity index (χ0n) is 10.3. The van der Waals surface area contributed by atoms with Crippen LogP contribution in [0.5, 0.6) is 5.75 Å². The van der Waals surface area contributed by atoms with Crippen molar-refractivity contribution in [2.24, 2.45) is 0 Å². The number of likely N-dealkylation sites (tertiary alicyclic amines) is 1. The van der Waals surface area contributed by atoms with Crippen LogP contribution >= 0.6 is 0 Å². The normalized spacial score (nSPS) is 22.4. The number of piperidine rings is 1. The average molecular weight is 285 g/mol. The summed E-state index contributed by atoms with van der Waals surface area (Å²) in [7, 11) is 0. The lowest BCUT2D eigenvalue weighted by molar-refractivity contribution is -0.389. The lowest BCUT2D eigenvalue weighted by Gasteiger charge is -2.32. The molecule has 108 valence electrons. The Morgan fingerprint density at radius 3 is 2.85 bits per heavy atom. The van der Waals surface area contributed by atoms with Gasteiger partial charge in [-0.15, -0.1) is 0 Å². The van der Waals surface area contributed by atoms with Crippen LogP contribution in [0.1, 0.15) is 6.42 Å². The van der Waals surface area contributed by atoms with Crippen molar-refractivity contribution >= 4 is 11.9 Å². The summed E-state index contributed by atoms with van der Waals surface area (Å²) in [6.07, 6.45) is -2.04. The van der Waals surface area contributed by atoms with Crippen LogP contribution in [0.3, 0.4) is 0 Å². The molecular formula is C11H12FN3O5. The largest absolute Gasteiger partial charge is 0.483 e. The van der Waals surface area contributed by atoms with E-state index in [9.17, 15) is 19.3 Å². The molecule has 1 aromatic heterocycles. The minimum Gasteiger partial charge on any atom is -0.483 e. The number of pyridine rings is 1. The van der Waals surface area contributed by atoms with Gasteiger partial charge in [-0.2, -0.15) is 0 Å². The van der Waals surface area contributed by atoms with Gasteiger partial charge >= 0.3 is 11.9 Å². The Bertz CT molecular complexity index is 509. The van der Waals surface area contributed by atoms with Crippen molar-refractivity contribution in [2.45, 2.75) is 18.7 Å². The Hall–Kier alpha value is -2.45. The minimum absolute atomic E-state index is 0.181. The highest BCUT2D eigenvalue weighted by Gasteiger charge is 2.33. The van der Waals surface area contributed by atoms with Crippen LogP contribution in [-0.2, 0) is 0 Å². The molecule has 1 saturated heterocycles. The summed E-state index contributed by atoms with van der Waals surface area (Å²) in [5, 5.41) is 19.2. The lowest BCUT2D eigenvalue weighted by Crippen LogP contribution is -2.48. The fourth-order valence-electron chi connectivity index (χ4n) is 1.91. The molecule has 0 aromatic carbocycles. The van der Waals surface area contributed by atoms with Crippen LogP contribution in [-0.4, -0.2) is 51.4 Å². The Morgan fingerprint density at radius 1 is 1.60 bits per heavy atom. The molecule has 0 aliphatic carbocycles. The third-order valence-electron chi connectivity index (χ3n) is 2.95. The summed E-state index contributed by atoms with van der Waals surface area (Å²) in [5.74, 6) is -0.109. The molecule has 1 aliphatic heterocycles. The topological polar surface area (TPSA) is 106 Å². The van der Waals surface area contributed by atoms with Gasteiger partial charge in [-0.05, 0) is 16.0 Å². The Labute approximate surface area is 112 Å². The zero-order valence-corrected chi connectivity index (χ0v) is 10.3. The lowest BCUT2D eigenvalue weighted by atomic mass is 10.1. The van der Waals surface area contributed by atoms with Crippen molar-refractivity contribution in [1.82, 2.24) is 9.88 Å². The maximum absolute atomic E-state index is 13.8. The number of rotatable bonds is 3. The van der Waals surface area contributed by atoms with Gasteiger partial charge in [0.25, 0.3) is 0 Å². The van der Waals surface area contributed by atoms with Gasteiger partial charge in [0.2, 0.25) is 0 Å². The van der Waals surface area contributed by atoms with Crippen LogP contribution in [0, 0.1) is 10.1 Å². The molecule has 20 heavy (non-hydrogen) atoms. The predicted octanol–water partition coefficient (Wildman–Crippen LogP) is 1.46. The Morgan fingerprint density at radius 2 is 2.35 bits per heavy atom. The molecule has 2 atom stereocenters. The number of nitrogens with zero attached hydrogens (tertiary/aromatic N) is 3. The molecule has 2 unspecified atom stereocenters. The van der Waals surface area contributed by atoms with Crippen LogP contribution < -0.4 is 4.74 Å². The first kappa shape index (κ1) is 14.0. The van der Waals surface area contributed by atoms with Crippen LogP contribution in [0.15, 0.2) is 18.3 Å². The van der Waals surface area contributed by atoms with Crippen molar-refractivity contribution in [3.05, 3.63) is 28.4 Å². The third kappa shape index (κ3) is 3.11. The van der Waals surface area contributed by atoms with Gasteiger partial charge in [-0.3, -0.25) is 0 Å². The molecular weight excluding hydrogens is 273 g/mol. The second kappa shape index (κ2) is 5.68. The number of amides is 1.